The van der Waals surface area contributed by atoms with E-state index in [1.54, 1.807) is 0 Å². The fourth-order valence-corrected chi connectivity index (χ4v) is 3.07. The Labute approximate surface area is 120 Å². The van der Waals surface area contributed by atoms with Crippen molar-refractivity contribution in [3.8, 4) is 0 Å². The summed E-state index contributed by atoms with van der Waals surface area (Å²) in [6.07, 6.45) is 10.9. The molecular weight excluding hydrogens is 258 g/mol. The van der Waals surface area contributed by atoms with E-state index in [2.05, 4.69) is 15.8 Å². The van der Waals surface area contributed by atoms with Crippen LogP contribution in [0.5, 0.6) is 0 Å². The SMILES string of the molecule is CSCCCCCn1cncc1C(N)C1CCOC1. The Kier molecular flexibility index (Phi) is 6.20. The molecule has 0 radical (unpaired) electrons. The largest absolute Gasteiger partial charge is 0.381 e. The number of aryl methyl sites for hydroxylation is 1. The number of unbranched alkanes of at least 4 members (excludes halogenated alkanes) is 2. The summed E-state index contributed by atoms with van der Waals surface area (Å²) in [5.74, 6) is 1.71. The zero-order chi connectivity index (χ0) is 13.5. The molecule has 2 N–H and O–H groups in total. The Balaban J connectivity index is 1.82. The molecule has 0 spiro atoms. The maximum Gasteiger partial charge on any atom is 0.0948 e. The lowest BCUT2D eigenvalue weighted by atomic mass is 9.97. The summed E-state index contributed by atoms with van der Waals surface area (Å²) < 4.78 is 7.65. The Morgan fingerprint density at radius 3 is 3.16 bits per heavy atom. The number of hydrogen-bond acceptors (Lipinski definition) is 4. The smallest absolute Gasteiger partial charge is 0.0948 e. The summed E-state index contributed by atoms with van der Waals surface area (Å²) in [5, 5.41) is 0. The molecular formula is C14H25N3OS. The maximum atomic E-state index is 6.35. The molecule has 2 rings (SSSR count). The number of hydrogen-bond donors (Lipinski definition) is 1. The number of aromatic nitrogens is 2. The van der Waals surface area contributed by atoms with Gasteiger partial charge in [-0.15, -0.1) is 0 Å². The van der Waals surface area contributed by atoms with Gasteiger partial charge in [-0.25, -0.2) is 4.98 Å². The van der Waals surface area contributed by atoms with Crippen LogP contribution in [0.3, 0.4) is 0 Å². The standard InChI is InChI=1S/C14H25N3OS/c1-19-8-4-2-3-6-17-11-16-9-13(17)14(15)12-5-7-18-10-12/h9,11-12,14H,2-8,10,15H2,1H3. The molecule has 0 amide bonds. The van der Waals surface area contributed by atoms with Crippen LogP contribution in [0.25, 0.3) is 0 Å². The van der Waals surface area contributed by atoms with Crippen molar-refractivity contribution in [2.45, 2.75) is 38.3 Å². The average molecular weight is 283 g/mol. The van der Waals surface area contributed by atoms with E-state index in [4.69, 9.17) is 10.5 Å². The Morgan fingerprint density at radius 1 is 1.53 bits per heavy atom. The number of ether oxygens (including phenoxy) is 1. The molecule has 0 saturated carbocycles. The minimum atomic E-state index is 0.0659. The highest BCUT2D eigenvalue weighted by atomic mass is 32.2. The maximum absolute atomic E-state index is 6.35. The van der Waals surface area contributed by atoms with Crippen molar-refractivity contribution in [1.29, 1.82) is 0 Å². The van der Waals surface area contributed by atoms with Crippen molar-refractivity contribution >= 4 is 11.8 Å². The van der Waals surface area contributed by atoms with E-state index in [-0.39, 0.29) is 6.04 Å². The van der Waals surface area contributed by atoms with Gasteiger partial charge >= 0.3 is 0 Å². The highest BCUT2D eigenvalue weighted by molar-refractivity contribution is 7.98. The van der Waals surface area contributed by atoms with Gasteiger partial charge in [0.25, 0.3) is 0 Å². The van der Waals surface area contributed by atoms with Gasteiger partial charge in [-0.05, 0) is 31.3 Å². The lowest BCUT2D eigenvalue weighted by Crippen LogP contribution is -2.24. The van der Waals surface area contributed by atoms with Gasteiger partial charge in [0, 0.05) is 25.3 Å². The molecule has 1 saturated heterocycles. The van der Waals surface area contributed by atoms with Crippen LogP contribution in [0.4, 0.5) is 0 Å². The lowest BCUT2D eigenvalue weighted by Gasteiger charge is -2.19. The molecule has 1 aliphatic rings. The first-order chi connectivity index (χ1) is 9.33. The van der Waals surface area contributed by atoms with Crippen LogP contribution in [-0.2, 0) is 11.3 Å². The van der Waals surface area contributed by atoms with Crippen molar-refractivity contribution in [2.24, 2.45) is 11.7 Å². The molecule has 1 fully saturated rings. The van der Waals surface area contributed by atoms with E-state index in [0.717, 1.165) is 26.2 Å². The zero-order valence-corrected chi connectivity index (χ0v) is 12.6. The van der Waals surface area contributed by atoms with E-state index in [1.165, 1.54) is 30.7 Å². The molecule has 1 aliphatic heterocycles. The number of imidazole rings is 1. The van der Waals surface area contributed by atoms with Gasteiger partial charge in [-0.1, -0.05) is 6.42 Å². The number of rotatable bonds is 8. The van der Waals surface area contributed by atoms with Crippen molar-refractivity contribution in [2.75, 3.05) is 25.2 Å². The number of nitrogens with zero attached hydrogens (tertiary/aromatic N) is 2. The third kappa shape index (κ3) is 4.23. The fourth-order valence-electron chi connectivity index (χ4n) is 2.58. The van der Waals surface area contributed by atoms with Gasteiger partial charge in [-0.2, -0.15) is 11.8 Å². The molecule has 0 aliphatic carbocycles. The van der Waals surface area contributed by atoms with E-state index >= 15 is 0 Å². The van der Waals surface area contributed by atoms with Crippen LogP contribution in [-0.4, -0.2) is 34.8 Å². The van der Waals surface area contributed by atoms with E-state index in [9.17, 15) is 0 Å². The van der Waals surface area contributed by atoms with Gasteiger partial charge in [0.2, 0.25) is 0 Å². The van der Waals surface area contributed by atoms with Crippen LogP contribution in [0.2, 0.25) is 0 Å². The summed E-state index contributed by atoms with van der Waals surface area (Å²) in [5.41, 5.74) is 7.52. The highest BCUT2D eigenvalue weighted by Crippen LogP contribution is 2.26. The van der Waals surface area contributed by atoms with Crippen LogP contribution in [0.15, 0.2) is 12.5 Å². The molecule has 1 aromatic heterocycles. The molecule has 1 aromatic rings. The molecule has 2 unspecified atom stereocenters. The monoisotopic (exact) mass is 283 g/mol. The van der Waals surface area contributed by atoms with Crippen LogP contribution in [0, 0.1) is 5.92 Å². The van der Waals surface area contributed by atoms with Crippen molar-refractivity contribution in [3.63, 3.8) is 0 Å². The Morgan fingerprint density at radius 2 is 2.42 bits per heavy atom. The second-order valence-electron chi connectivity index (χ2n) is 5.21. The molecule has 108 valence electrons. The molecule has 0 bridgehead atoms. The summed E-state index contributed by atoms with van der Waals surface area (Å²) in [6.45, 7) is 2.67. The summed E-state index contributed by atoms with van der Waals surface area (Å²) in [4.78, 5) is 4.27. The molecule has 0 aromatic carbocycles. The van der Waals surface area contributed by atoms with Crippen LogP contribution < -0.4 is 5.73 Å². The molecule has 19 heavy (non-hydrogen) atoms. The molecule has 5 heteroatoms. The summed E-state index contributed by atoms with van der Waals surface area (Å²) in [7, 11) is 0. The zero-order valence-electron chi connectivity index (χ0n) is 11.8. The third-order valence-electron chi connectivity index (χ3n) is 3.81. The van der Waals surface area contributed by atoms with Gasteiger partial charge in [-0.3, -0.25) is 0 Å². The quantitative estimate of drug-likeness (QED) is 0.745. The third-order valence-corrected chi connectivity index (χ3v) is 4.50. The van der Waals surface area contributed by atoms with E-state index < -0.39 is 0 Å². The first kappa shape index (κ1) is 14.9. The van der Waals surface area contributed by atoms with E-state index in [1.807, 2.05) is 24.3 Å². The highest BCUT2D eigenvalue weighted by Gasteiger charge is 2.26. The second-order valence-corrected chi connectivity index (χ2v) is 6.20. The topological polar surface area (TPSA) is 53.1 Å². The predicted octanol–water partition coefficient (Wildman–Crippen LogP) is 2.45. The first-order valence-electron chi connectivity index (χ1n) is 7.15. The average Bonchev–Trinajstić information content (AvgIpc) is 3.09. The predicted molar refractivity (Wildman–Crippen MR) is 80.3 cm³/mol. The van der Waals surface area contributed by atoms with Gasteiger partial charge in [0.05, 0.1) is 24.7 Å². The lowest BCUT2D eigenvalue weighted by molar-refractivity contribution is 0.180. The van der Waals surface area contributed by atoms with Crippen molar-refractivity contribution in [3.05, 3.63) is 18.2 Å². The second kappa shape index (κ2) is 7.92. The van der Waals surface area contributed by atoms with E-state index in [0.29, 0.717) is 5.92 Å². The molecule has 2 heterocycles. The van der Waals surface area contributed by atoms with Crippen LogP contribution >= 0.6 is 11.8 Å². The fraction of sp³-hybridized carbons (Fsp3) is 0.786. The number of nitrogens with two attached hydrogens (primary N) is 1. The Hall–Kier alpha value is -0.520. The van der Waals surface area contributed by atoms with Gasteiger partial charge < -0.3 is 15.0 Å². The normalized spacial score (nSPS) is 20.8. The minimum absolute atomic E-state index is 0.0659. The molecule has 2 atom stereocenters. The minimum Gasteiger partial charge on any atom is -0.381 e. The molecule has 4 nitrogen and oxygen atoms in total. The van der Waals surface area contributed by atoms with Crippen molar-refractivity contribution in [1.82, 2.24) is 9.55 Å². The summed E-state index contributed by atoms with van der Waals surface area (Å²) >= 11 is 1.92. The Bertz CT molecular complexity index is 363. The first-order valence-corrected chi connectivity index (χ1v) is 8.54. The van der Waals surface area contributed by atoms with Crippen LogP contribution in [0.1, 0.15) is 37.4 Å². The number of thioether (sulfide) groups is 1. The summed E-state index contributed by atoms with van der Waals surface area (Å²) in [6, 6.07) is 0.0659. The van der Waals surface area contributed by atoms with Gasteiger partial charge in [0.15, 0.2) is 0 Å². The van der Waals surface area contributed by atoms with Crippen molar-refractivity contribution < 1.29 is 4.74 Å². The van der Waals surface area contributed by atoms with Gasteiger partial charge in [0.1, 0.15) is 0 Å².